The van der Waals surface area contributed by atoms with Gasteiger partial charge < -0.3 is 20.4 Å². The van der Waals surface area contributed by atoms with Crippen molar-refractivity contribution in [3.8, 4) is 11.4 Å². The second kappa shape index (κ2) is 18.9. The summed E-state index contributed by atoms with van der Waals surface area (Å²) in [4.78, 5) is 80.5. The number of carbonyl (C=O) groups excluding carboxylic acids is 5. The Morgan fingerprint density at radius 2 is 1.59 bits per heavy atom. The summed E-state index contributed by atoms with van der Waals surface area (Å²) >= 11 is 0. The minimum Gasteiger partial charge on any atom is -0.384 e. The smallest absolute Gasteiger partial charge is 0.264 e. The van der Waals surface area contributed by atoms with E-state index >= 15 is 0 Å². The number of piperidine rings is 1. The van der Waals surface area contributed by atoms with Crippen LogP contribution in [0.3, 0.4) is 0 Å². The molecule has 4 aliphatic rings. The van der Waals surface area contributed by atoms with Crippen LogP contribution in [0.5, 0.6) is 0 Å². The lowest BCUT2D eigenvalue weighted by molar-refractivity contribution is -0.136. The molecule has 3 N–H and O–H groups in total. The molecule has 3 aromatic heterocycles. The van der Waals surface area contributed by atoms with Gasteiger partial charge in [-0.05, 0) is 86.2 Å². The molecular formula is C47H52FN11O5. The first-order chi connectivity index (χ1) is 31.2. The van der Waals surface area contributed by atoms with Crippen molar-refractivity contribution in [3.05, 3.63) is 102 Å². The Morgan fingerprint density at radius 3 is 2.42 bits per heavy atom. The number of imidazole rings is 1. The van der Waals surface area contributed by atoms with E-state index in [1.807, 2.05) is 40.9 Å². The van der Waals surface area contributed by atoms with Gasteiger partial charge in [-0.25, -0.2) is 18.9 Å². The van der Waals surface area contributed by atoms with Crippen LogP contribution >= 0.6 is 0 Å². The van der Waals surface area contributed by atoms with Crippen molar-refractivity contribution in [2.24, 2.45) is 0 Å². The highest BCUT2D eigenvalue weighted by Gasteiger charge is 2.45. The molecule has 1 unspecified atom stereocenters. The van der Waals surface area contributed by atoms with Crippen LogP contribution in [0.15, 0.2) is 79.0 Å². The quantitative estimate of drug-likeness (QED) is 0.0898. The normalized spacial score (nSPS) is 19.1. The molecule has 2 atom stereocenters. The monoisotopic (exact) mass is 869 g/mol. The number of rotatable bonds is 16. The number of hydrogen-bond acceptors (Lipinski definition) is 12. The Bertz CT molecular complexity index is 2580. The standard InChI is InChI=1S/C47H52FN11O5/c48-32-11-6-10-31(28-32)36-15-9-23-57(36)41-19-18-39-51-29-38(59(39)54-41)34-13-8-16-40(52-34)56-26-24-55(25-27-56)30-43(61)50-22-5-3-1-2-4-21-49-35-14-7-12-33-44(35)47(64)58(46(33)63)37-17-20-42(60)53-45(37)62/h6-8,10-14,16,18-19,28-29,36-37,49H,1-5,9,15,17,20-27,30H2,(H,50,61)(H,53,60,62)/t36-,37?/m1/s1. The summed E-state index contributed by atoms with van der Waals surface area (Å²) in [6, 6.07) is 20.9. The summed E-state index contributed by atoms with van der Waals surface area (Å²) in [7, 11) is 0. The zero-order chi connectivity index (χ0) is 44.2. The molecule has 0 aliphatic carbocycles. The summed E-state index contributed by atoms with van der Waals surface area (Å²) in [5, 5.41) is 13.6. The van der Waals surface area contributed by atoms with E-state index in [1.54, 1.807) is 36.5 Å². The third kappa shape index (κ3) is 9.02. The first kappa shape index (κ1) is 42.5. The number of nitrogens with zero attached hydrogens (tertiary/aromatic N) is 8. The Morgan fingerprint density at radius 1 is 0.797 bits per heavy atom. The van der Waals surface area contributed by atoms with E-state index in [4.69, 9.17) is 10.1 Å². The Kier molecular flexibility index (Phi) is 12.6. The van der Waals surface area contributed by atoms with Gasteiger partial charge in [0.15, 0.2) is 5.65 Å². The van der Waals surface area contributed by atoms with Crippen molar-refractivity contribution in [3.63, 3.8) is 0 Å². The van der Waals surface area contributed by atoms with E-state index in [0.717, 1.165) is 117 Å². The summed E-state index contributed by atoms with van der Waals surface area (Å²) in [6.45, 7) is 5.38. The summed E-state index contributed by atoms with van der Waals surface area (Å²) in [5.74, 6) is -0.607. The van der Waals surface area contributed by atoms with Crippen molar-refractivity contribution in [2.45, 2.75) is 69.9 Å². The van der Waals surface area contributed by atoms with Crippen LogP contribution in [0.25, 0.3) is 17.0 Å². The van der Waals surface area contributed by atoms with Crippen molar-refractivity contribution >= 4 is 52.5 Å². The van der Waals surface area contributed by atoms with E-state index in [2.05, 4.69) is 35.6 Å². The Labute approximate surface area is 370 Å². The fourth-order valence-electron chi connectivity index (χ4n) is 9.32. The molecule has 17 heteroatoms. The molecule has 0 saturated carbocycles. The first-order valence-electron chi connectivity index (χ1n) is 22.4. The molecule has 332 valence electrons. The van der Waals surface area contributed by atoms with Gasteiger partial charge in [-0.15, -0.1) is 5.10 Å². The molecule has 5 amide bonds. The minimum atomic E-state index is -0.996. The van der Waals surface area contributed by atoms with Crippen LogP contribution in [-0.4, -0.2) is 117 Å². The summed E-state index contributed by atoms with van der Waals surface area (Å²) < 4.78 is 15.9. The van der Waals surface area contributed by atoms with Gasteiger partial charge in [-0.3, -0.25) is 39.1 Å². The second-order valence-electron chi connectivity index (χ2n) is 16.9. The largest absolute Gasteiger partial charge is 0.384 e. The van der Waals surface area contributed by atoms with Crippen molar-refractivity contribution in [1.82, 2.24) is 40.0 Å². The maximum absolute atomic E-state index is 14.1. The lowest BCUT2D eigenvalue weighted by Gasteiger charge is -2.35. The highest BCUT2D eigenvalue weighted by molar-refractivity contribution is 6.25. The van der Waals surface area contributed by atoms with Crippen molar-refractivity contribution in [1.29, 1.82) is 0 Å². The average molecular weight is 870 g/mol. The second-order valence-corrected chi connectivity index (χ2v) is 16.9. The summed E-state index contributed by atoms with van der Waals surface area (Å²) in [6.07, 6.45) is 8.59. The maximum atomic E-state index is 14.1. The van der Waals surface area contributed by atoms with Gasteiger partial charge in [-0.1, -0.05) is 43.5 Å². The third-order valence-corrected chi connectivity index (χ3v) is 12.6. The molecule has 7 heterocycles. The minimum absolute atomic E-state index is 0.0213. The van der Waals surface area contributed by atoms with Crippen LogP contribution in [0.1, 0.15) is 90.1 Å². The lowest BCUT2D eigenvalue weighted by Crippen LogP contribution is -2.54. The predicted octanol–water partition coefficient (Wildman–Crippen LogP) is 4.97. The number of anilines is 3. The van der Waals surface area contributed by atoms with Gasteiger partial charge in [0.2, 0.25) is 17.7 Å². The van der Waals surface area contributed by atoms with Gasteiger partial charge >= 0.3 is 0 Å². The zero-order valence-corrected chi connectivity index (χ0v) is 35.7. The predicted molar refractivity (Wildman–Crippen MR) is 238 cm³/mol. The third-order valence-electron chi connectivity index (χ3n) is 12.6. The van der Waals surface area contributed by atoms with Crippen LogP contribution in [0.4, 0.5) is 21.7 Å². The number of unbranched alkanes of at least 4 members (excludes halogenated alkanes) is 4. The molecule has 64 heavy (non-hydrogen) atoms. The number of pyridine rings is 1. The molecule has 0 bridgehead atoms. The molecule has 0 radical (unpaired) electrons. The van der Waals surface area contributed by atoms with E-state index in [-0.39, 0.29) is 41.7 Å². The number of carbonyl (C=O) groups is 5. The van der Waals surface area contributed by atoms with Gasteiger partial charge in [0.05, 0.1) is 35.6 Å². The Balaban J connectivity index is 0.682. The van der Waals surface area contributed by atoms with E-state index < -0.39 is 29.7 Å². The number of fused-ring (bicyclic) bond motifs is 2. The van der Waals surface area contributed by atoms with E-state index in [9.17, 15) is 28.4 Å². The maximum Gasteiger partial charge on any atom is 0.264 e. The van der Waals surface area contributed by atoms with Crippen LogP contribution in [0, 0.1) is 5.82 Å². The van der Waals surface area contributed by atoms with Gasteiger partial charge in [0, 0.05) is 57.9 Å². The number of imide groups is 2. The Hall–Kier alpha value is -6.75. The van der Waals surface area contributed by atoms with Crippen molar-refractivity contribution in [2.75, 3.05) is 67.5 Å². The molecule has 4 aliphatic heterocycles. The number of halogens is 1. The highest BCUT2D eigenvalue weighted by atomic mass is 19.1. The average Bonchev–Trinajstić information content (AvgIpc) is 4.03. The van der Waals surface area contributed by atoms with Crippen LogP contribution in [-0.2, 0) is 14.4 Å². The van der Waals surface area contributed by atoms with Gasteiger partial charge in [0.25, 0.3) is 11.8 Å². The van der Waals surface area contributed by atoms with Crippen molar-refractivity contribution < 1.29 is 28.4 Å². The lowest BCUT2D eigenvalue weighted by atomic mass is 10.0. The highest BCUT2D eigenvalue weighted by Crippen LogP contribution is 2.36. The fraction of sp³-hybridized carbons (Fsp3) is 0.404. The van der Waals surface area contributed by atoms with Crippen LogP contribution in [0.2, 0.25) is 0 Å². The molecule has 3 fully saturated rings. The number of aromatic nitrogens is 4. The SMILES string of the molecule is O=C(CN1CCN(c2cccc(-c3cnc4ccc(N5CCC[C@@H]5c5cccc(F)c5)nn34)n2)CC1)NCCCCCCCNc1cccc2c1C(=O)N(C1CCC(=O)NC1=O)C2=O. The molecular weight excluding hydrogens is 818 g/mol. The molecule has 3 saturated heterocycles. The van der Waals surface area contributed by atoms with E-state index in [1.165, 1.54) is 6.07 Å². The molecule has 16 nitrogen and oxygen atoms in total. The first-order valence-corrected chi connectivity index (χ1v) is 22.4. The molecule has 9 rings (SSSR count). The zero-order valence-electron chi connectivity index (χ0n) is 35.7. The molecule has 0 spiro atoms. The molecule has 2 aromatic carbocycles. The number of piperazine rings is 1. The van der Waals surface area contributed by atoms with Gasteiger partial charge in [-0.2, -0.15) is 0 Å². The number of benzene rings is 2. The van der Waals surface area contributed by atoms with E-state index in [0.29, 0.717) is 25.3 Å². The number of amides is 5. The number of nitrogens with one attached hydrogen (secondary N) is 3. The fourth-order valence-corrected chi connectivity index (χ4v) is 9.32. The summed E-state index contributed by atoms with van der Waals surface area (Å²) in [5.41, 5.74) is 4.32. The number of hydrogen-bond donors (Lipinski definition) is 3. The van der Waals surface area contributed by atoms with Crippen LogP contribution < -0.4 is 25.8 Å². The molecule has 5 aromatic rings. The van der Waals surface area contributed by atoms with Gasteiger partial charge in [0.1, 0.15) is 29.2 Å². The topological polar surface area (TPSA) is 177 Å².